The van der Waals surface area contributed by atoms with Crippen molar-refractivity contribution in [1.29, 1.82) is 0 Å². The van der Waals surface area contributed by atoms with E-state index in [0.29, 0.717) is 5.56 Å². The Morgan fingerprint density at radius 3 is 1.45 bits per heavy atom. The highest BCUT2D eigenvalue weighted by Gasteiger charge is 2.35. The van der Waals surface area contributed by atoms with E-state index in [0.717, 1.165) is 6.92 Å². The van der Waals surface area contributed by atoms with Crippen molar-refractivity contribution in [2.24, 2.45) is 28.7 Å². The van der Waals surface area contributed by atoms with E-state index in [1.807, 2.05) is 0 Å². The Kier molecular flexibility index (Phi) is 20.7. The molecule has 9 atom stereocenters. The van der Waals surface area contributed by atoms with Crippen LogP contribution >= 0.6 is 0 Å². The molecule has 0 aliphatic heterocycles. The number of carboxylic acid groups (broad SMARTS) is 1. The van der Waals surface area contributed by atoms with Crippen molar-refractivity contribution >= 4 is 41.4 Å². The zero-order valence-electron chi connectivity index (χ0n) is 29.8. The minimum absolute atomic E-state index is 0.0113. The third kappa shape index (κ3) is 15.8. The van der Waals surface area contributed by atoms with Crippen LogP contribution in [-0.4, -0.2) is 137 Å². The third-order valence-electron chi connectivity index (χ3n) is 7.88. The predicted molar refractivity (Wildman–Crippen MR) is 191 cm³/mol. The highest BCUT2D eigenvalue weighted by atomic mass is 16.4. The predicted octanol–water partition coefficient (Wildman–Crippen LogP) is -6.68. The fourth-order valence-corrected chi connectivity index (χ4v) is 4.86. The van der Waals surface area contributed by atoms with Crippen LogP contribution in [0.3, 0.4) is 0 Å². The first kappa shape index (κ1) is 46.3. The van der Waals surface area contributed by atoms with E-state index in [1.165, 1.54) is 6.92 Å². The van der Waals surface area contributed by atoms with Crippen molar-refractivity contribution in [1.82, 2.24) is 31.9 Å². The van der Waals surface area contributed by atoms with Crippen LogP contribution in [0, 0.1) is 0 Å². The number of carboxylic acids is 1. The first-order chi connectivity index (χ1) is 25.0. The summed E-state index contributed by atoms with van der Waals surface area (Å²) in [6.07, 6.45) is -3.13. The van der Waals surface area contributed by atoms with E-state index < -0.39 is 102 Å². The molecule has 1 rings (SSSR count). The van der Waals surface area contributed by atoms with E-state index in [4.69, 9.17) is 28.7 Å². The van der Waals surface area contributed by atoms with Crippen molar-refractivity contribution in [3.05, 3.63) is 35.9 Å². The molecule has 53 heavy (non-hydrogen) atoms. The Morgan fingerprint density at radius 2 is 0.981 bits per heavy atom. The Morgan fingerprint density at radius 1 is 0.566 bits per heavy atom. The van der Waals surface area contributed by atoms with Gasteiger partial charge < -0.3 is 75.9 Å². The van der Waals surface area contributed by atoms with Gasteiger partial charge in [-0.3, -0.25) is 28.8 Å². The normalized spacial score (nSPS) is 16.2. The Bertz CT molecular complexity index is 1370. The number of carbonyl (C=O) groups is 7. The molecule has 0 aliphatic rings. The van der Waals surface area contributed by atoms with Crippen LogP contribution in [0.25, 0.3) is 0 Å². The molecule has 0 radical (unpaired) electrons. The second-order valence-electron chi connectivity index (χ2n) is 12.3. The van der Waals surface area contributed by atoms with Crippen molar-refractivity contribution in [3.8, 4) is 0 Å². The average molecular weight is 754 g/mol. The largest absolute Gasteiger partial charge is 0.480 e. The first-order valence-corrected chi connectivity index (χ1v) is 17.0. The van der Waals surface area contributed by atoms with Crippen LogP contribution in [0.1, 0.15) is 38.7 Å². The van der Waals surface area contributed by atoms with Crippen molar-refractivity contribution < 1.29 is 48.9 Å². The molecule has 0 heterocycles. The summed E-state index contributed by atoms with van der Waals surface area (Å²) in [5, 5.41) is 43.7. The molecule has 0 saturated carbocycles. The average Bonchev–Trinajstić information content (AvgIpc) is 3.10. The van der Waals surface area contributed by atoms with E-state index >= 15 is 0 Å². The summed E-state index contributed by atoms with van der Waals surface area (Å²) in [5.74, 6) is -6.91. The summed E-state index contributed by atoms with van der Waals surface area (Å²) in [4.78, 5) is 90.3. The van der Waals surface area contributed by atoms with Crippen LogP contribution in [0.4, 0.5) is 0 Å². The van der Waals surface area contributed by atoms with Crippen LogP contribution in [0.2, 0.25) is 0 Å². The number of aliphatic hydroxyl groups excluding tert-OH is 2. The molecule has 19 N–H and O–H groups in total. The summed E-state index contributed by atoms with van der Waals surface area (Å²) in [5.41, 5.74) is 28.9. The Labute approximate surface area is 306 Å². The molecule has 298 valence electrons. The molecule has 6 amide bonds. The molecule has 0 aliphatic carbocycles. The van der Waals surface area contributed by atoms with E-state index in [2.05, 4.69) is 31.9 Å². The van der Waals surface area contributed by atoms with Gasteiger partial charge in [-0.25, -0.2) is 4.79 Å². The number of nitrogens with two attached hydrogens (primary N) is 5. The van der Waals surface area contributed by atoms with Gasteiger partial charge in [-0.15, -0.1) is 0 Å². The molecular formula is C32H55N11O10. The number of amides is 6. The maximum Gasteiger partial charge on any atom is 0.328 e. The third-order valence-corrected chi connectivity index (χ3v) is 7.88. The summed E-state index contributed by atoms with van der Waals surface area (Å²) in [7, 11) is 0. The lowest BCUT2D eigenvalue weighted by molar-refractivity contribution is -0.145. The number of nitrogens with one attached hydrogen (secondary N) is 6. The van der Waals surface area contributed by atoms with Gasteiger partial charge in [0.1, 0.15) is 30.2 Å². The van der Waals surface area contributed by atoms with E-state index in [9.17, 15) is 48.9 Å². The molecular weight excluding hydrogens is 698 g/mol. The highest BCUT2D eigenvalue weighted by Crippen LogP contribution is 2.07. The summed E-state index contributed by atoms with van der Waals surface area (Å²) < 4.78 is 0. The molecule has 0 spiro atoms. The summed E-state index contributed by atoms with van der Waals surface area (Å²) >= 11 is 0. The van der Waals surface area contributed by atoms with E-state index in [1.54, 1.807) is 30.3 Å². The number of carbonyl (C=O) groups excluding carboxylic acids is 6. The standard InChI is InChI=1S/C32H55N11O10/c1-16(44)24(31(51)41-23(15-36)30(50)39-21(10-13-35)28(48)43-25(17(2)45)32(52)53)42-29(49)22(14-18-6-4-3-5-7-18)40-27(47)20(9-12-34)38-26(46)19(37)8-11-33/h3-7,16-17,19-25,44-45H,8-15,33-37H2,1-2H3,(H,38,46)(H,39,50)(H,40,47)(H,41,51)(H,42,49)(H,43,48)(H,52,53)/t16-,17-,19+,20+,21+,22-,23+,24+,25+/m1/s1. The maximum atomic E-state index is 13.7. The van der Waals surface area contributed by atoms with Gasteiger partial charge in [0, 0.05) is 13.0 Å². The van der Waals surface area contributed by atoms with Crippen molar-refractivity contribution in [2.45, 2.75) is 94.0 Å². The topological polar surface area (TPSA) is 382 Å². The molecule has 0 aromatic heterocycles. The van der Waals surface area contributed by atoms with Gasteiger partial charge >= 0.3 is 5.97 Å². The molecule has 0 bridgehead atoms. The molecule has 21 nitrogen and oxygen atoms in total. The number of aliphatic hydroxyl groups is 2. The lowest BCUT2D eigenvalue weighted by Gasteiger charge is -2.28. The number of hydrogen-bond acceptors (Lipinski definition) is 14. The summed E-state index contributed by atoms with van der Waals surface area (Å²) in [6, 6.07) is -1.33. The van der Waals surface area contributed by atoms with Gasteiger partial charge in [0.05, 0.1) is 18.2 Å². The molecule has 0 fully saturated rings. The molecule has 0 unspecified atom stereocenters. The van der Waals surface area contributed by atoms with Gasteiger partial charge in [0.25, 0.3) is 0 Å². The lowest BCUT2D eigenvalue weighted by atomic mass is 10.0. The van der Waals surface area contributed by atoms with Gasteiger partial charge in [0.15, 0.2) is 6.04 Å². The van der Waals surface area contributed by atoms with Gasteiger partial charge in [-0.05, 0) is 58.3 Å². The van der Waals surface area contributed by atoms with Crippen LogP contribution in [0.5, 0.6) is 0 Å². The fraction of sp³-hybridized carbons (Fsp3) is 0.594. The Balaban J connectivity index is 3.21. The van der Waals surface area contributed by atoms with Gasteiger partial charge in [-0.1, -0.05) is 30.3 Å². The second kappa shape index (κ2) is 23.7. The molecule has 21 heteroatoms. The van der Waals surface area contributed by atoms with E-state index in [-0.39, 0.29) is 45.3 Å². The van der Waals surface area contributed by atoms with Crippen molar-refractivity contribution in [3.63, 3.8) is 0 Å². The van der Waals surface area contributed by atoms with Crippen molar-refractivity contribution in [2.75, 3.05) is 26.2 Å². The summed E-state index contributed by atoms with van der Waals surface area (Å²) in [6.45, 7) is 1.81. The van der Waals surface area contributed by atoms with Crippen LogP contribution in [0.15, 0.2) is 30.3 Å². The molecule has 0 saturated heterocycles. The Hall–Kier alpha value is -4.77. The molecule has 1 aromatic carbocycles. The first-order valence-electron chi connectivity index (χ1n) is 17.0. The number of rotatable bonds is 24. The minimum Gasteiger partial charge on any atom is -0.480 e. The number of hydrogen-bond donors (Lipinski definition) is 14. The van der Waals surface area contributed by atoms with Crippen LogP contribution in [-0.2, 0) is 40.0 Å². The molecule has 1 aromatic rings. The lowest BCUT2D eigenvalue weighted by Crippen LogP contribution is -2.63. The smallest absolute Gasteiger partial charge is 0.328 e. The fourth-order valence-electron chi connectivity index (χ4n) is 4.86. The second-order valence-corrected chi connectivity index (χ2v) is 12.3. The van der Waals surface area contributed by atoms with Gasteiger partial charge in [-0.2, -0.15) is 0 Å². The maximum absolute atomic E-state index is 13.7. The quantitative estimate of drug-likeness (QED) is 0.0467. The number of benzene rings is 1. The highest BCUT2D eigenvalue weighted by molar-refractivity contribution is 5.97. The zero-order chi connectivity index (χ0) is 40.2. The zero-order valence-corrected chi connectivity index (χ0v) is 29.8. The SMILES string of the molecule is C[C@@H](O)[C@H](NC(=O)[C@H](CCN)NC(=O)[C@H](CN)NC(=O)[C@@H](NC(=O)[C@@H](Cc1ccccc1)NC(=O)[C@H](CCN)NC(=O)[C@@H](N)CCN)[C@@H](C)O)C(=O)O. The minimum atomic E-state index is -1.70. The van der Waals surface area contributed by atoms with Gasteiger partial charge in [0.2, 0.25) is 35.4 Å². The number of aliphatic carboxylic acids is 1. The van der Waals surface area contributed by atoms with Crippen LogP contribution < -0.4 is 60.6 Å². The monoisotopic (exact) mass is 753 g/mol.